The minimum atomic E-state index is 0. The van der Waals surface area contributed by atoms with Gasteiger partial charge >= 0.3 is 0 Å². The highest BCUT2D eigenvalue weighted by atomic mass is 127. The van der Waals surface area contributed by atoms with Crippen LogP contribution in [0.4, 0.5) is 0 Å². The number of hydrogen-bond donors (Lipinski definition) is 2. The van der Waals surface area contributed by atoms with Gasteiger partial charge in [-0.1, -0.05) is 12.1 Å². The fraction of sp³-hybridized carbons (Fsp3) is 0.389. The minimum Gasteiger partial charge on any atom is -0.497 e. The first-order chi connectivity index (χ1) is 11.2. The highest BCUT2D eigenvalue weighted by Crippen LogP contribution is 2.17. The molecule has 0 atom stereocenters. The molecule has 24 heavy (non-hydrogen) atoms. The van der Waals surface area contributed by atoms with Crippen molar-refractivity contribution >= 4 is 41.3 Å². The number of ether oxygens (including phenoxy) is 1. The first kappa shape index (κ1) is 20.8. The second kappa shape index (κ2) is 11.3. The lowest BCUT2D eigenvalue weighted by Crippen LogP contribution is -2.38. The molecule has 132 valence electrons. The van der Waals surface area contributed by atoms with Crippen molar-refractivity contribution in [2.45, 2.75) is 26.8 Å². The quantitative estimate of drug-likeness (QED) is 0.374. The molecule has 1 aromatic carbocycles. The van der Waals surface area contributed by atoms with Crippen molar-refractivity contribution in [3.63, 3.8) is 0 Å². The number of aryl methyl sites for hydroxylation is 1. The maximum absolute atomic E-state index is 5.32. The van der Waals surface area contributed by atoms with E-state index in [-0.39, 0.29) is 24.0 Å². The lowest BCUT2D eigenvalue weighted by molar-refractivity contribution is 0.414. The molecule has 0 unspecified atom stereocenters. The number of halogens is 1. The van der Waals surface area contributed by atoms with Crippen LogP contribution in [-0.4, -0.2) is 26.2 Å². The number of hydrogen-bond acceptors (Lipinski definition) is 3. The van der Waals surface area contributed by atoms with Crippen LogP contribution in [0, 0.1) is 6.92 Å². The average Bonchev–Trinajstić information content (AvgIpc) is 3.05. The molecule has 2 aromatic rings. The maximum Gasteiger partial charge on any atom is 0.191 e. The summed E-state index contributed by atoms with van der Waals surface area (Å²) in [6.07, 6.45) is 1.01. The summed E-state index contributed by atoms with van der Waals surface area (Å²) in [6, 6.07) is 10.4. The van der Waals surface area contributed by atoms with Gasteiger partial charge in [-0.15, -0.1) is 35.3 Å². The molecular formula is C18H26IN3OS. The van der Waals surface area contributed by atoms with E-state index in [1.165, 1.54) is 10.4 Å². The number of methoxy groups -OCH3 is 1. The van der Waals surface area contributed by atoms with E-state index in [1.807, 2.05) is 12.1 Å². The molecule has 0 aliphatic carbocycles. The predicted molar refractivity (Wildman–Crippen MR) is 114 cm³/mol. The number of guanidine groups is 1. The second-order valence-corrected chi connectivity index (χ2v) is 6.34. The molecule has 0 aliphatic heterocycles. The van der Waals surface area contributed by atoms with Gasteiger partial charge in [0.2, 0.25) is 0 Å². The topological polar surface area (TPSA) is 45.7 Å². The summed E-state index contributed by atoms with van der Waals surface area (Å²) in [7, 11) is 1.69. The van der Waals surface area contributed by atoms with Gasteiger partial charge in [-0.3, -0.25) is 0 Å². The maximum atomic E-state index is 5.32. The van der Waals surface area contributed by atoms with Crippen LogP contribution >= 0.6 is 35.3 Å². The van der Waals surface area contributed by atoms with Crippen LogP contribution in [-0.2, 0) is 13.0 Å². The number of nitrogens with zero attached hydrogens (tertiary/aromatic N) is 1. The van der Waals surface area contributed by atoms with Crippen molar-refractivity contribution in [2.24, 2.45) is 4.99 Å². The van der Waals surface area contributed by atoms with Crippen LogP contribution < -0.4 is 15.4 Å². The van der Waals surface area contributed by atoms with Crippen molar-refractivity contribution in [3.05, 3.63) is 51.7 Å². The van der Waals surface area contributed by atoms with Gasteiger partial charge in [0.15, 0.2) is 5.96 Å². The fourth-order valence-electron chi connectivity index (χ4n) is 2.30. The summed E-state index contributed by atoms with van der Waals surface area (Å²) in [5.74, 6) is 1.73. The van der Waals surface area contributed by atoms with E-state index in [9.17, 15) is 0 Å². The van der Waals surface area contributed by atoms with Gasteiger partial charge in [0.05, 0.1) is 13.7 Å². The smallest absolute Gasteiger partial charge is 0.191 e. The van der Waals surface area contributed by atoms with Crippen molar-refractivity contribution < 1.29 is 4.74 Å². The van der Waals surface area contributed by atoms with Crippen molar-refractivity contribution in [3.8, 4) is 5.75 Å². The first-order valence-corrected chi connectivity index (χ1v) is 8.78. The highest BCUT2D eigenvalue weighted by molar-refractivity contribution is 14.0. The van der Waals surface area contributed by atoms with Crippen molar-refractivity contribution in [2.75, 3.05) is 20.2 Å². The molecule has 0 spiro atoms. The van der Waals surface area contributed by atoms with Gasteiger partial charge in [-0.2, -0.15) is 0 Å². The Morgan fingerprint density at radius 2 is 2.08 bits per heavy atom. The molecule has 0 aliphatic rings. The number of thiophene rings is 1. The zero-order valence-corrected chi connectivity index (χ0v) is 17.6. The zero-order chi connectivity index (χ0) is 16.5. The van der Waals surface area contributed by atoms with Gasteiger partial charge < -0.3 is 15.4 Å². The molecule has 0 radical (unpaired) electrons. The summed E-state index contributed by atoms with van der Waals surface area (Å²) in [5.41, 5.74) is 2.34. The van der Waals surface area contributed by atoms with Crippen molar-refractivity contribution in [1.82, 2.24) is 10.6 Å². The monoisotopic (exact) mass is 459 g/mol. The van der Waals surface area contributed by atoms with Gasteiger partial charge in [-0.05, 0) is 55.0 Å². The number of aliphatic imine (C=N–C) groups is 1. The summed E-state index contributed by atoms with van der Waals surface area (Å²) in [5, 5.41) is 8.78. The van der Waals surface area contributed by atoms with Gasteiger partial charge in [0.1, 0.15) is 5.75 Å². The van der Waals surface area contributed by atoms with Crippen LogP contribution in [0.1, 0.15) is 22.9 Å². The predicted octanol–water partition coefficient (Wildman–Crippen LogP) is 3.98. The lowest BCUT2D eigenvalue weighted by Gasteiger charge is -2.11. The summed E-state index contributed by atoms with van der Waals surface area (Å²) < 4.78 is 5.32. The number of rotatable bonds is 7. The standard InChI is InChI=1S/C18H25N3OS.HI/c1-4-19-18(20-8-7-17-6-5-9-23-17)21-13-15-10-14(2)11-16(12-15)22-3;/h5-6,9-12H,4,7-8,13H2,1-3H3,(H2,19,20,21);1H. The lowest BCUT2D eigenvalue weighted by atomic mass is 10.1. The Labute approximate surface area is 165 Å². The normalized spacial score (nSPS) is 10.9. The molecule has 0 saturated heterocycles. The van der Waals surface area contributed by atoms with Crippen LogP contribution in [0.3, 0.4) is 0 Å². The number of nitrogens with one attached hydrogen (secondary N) is 2. The molecular weight excluding hydrogens is 433 g/mol. The Morgan fingerprint density at radius 3 is 2.75 bits per heavy atom. The van der Waals surface area contributed by atoms with E-state index in [1.54, 1.807) is 18.4 Å². The van der Waals surface area contributed by atoms with E-state index in [2.05, 4.69) is 53.1 Å². The Morgan fingerprint density at radius 1 is 1.25 bits per heavy atom. The van der Waals surface area contributed by atoms with Gasteiger partial charge in [0.25, 0.3) is 0 Å². The average molecular weight is 459 g/mol. The fourth-order valence-corrected chi connectivity index (χ4v) is 3.01. The van der Waals surface area contributed by atoms with E-state index in [4.69, 9.17) is 4.74 Å². The second-order valence-electron chi connectivity index (χ2n) is 5.31. The summed E-state index contributed by atoms with van der Waals surface area (Å²) >= 11 is 1.79. The zero-order valence-electron chi connectivity index (χ0n) is 14.5. The third-order valence-electron chi connectivity index (χ3n) is 3.35. The van der Waals surface area contributed by atoms with Gasteiger partial charge in [-0.25, -0.2) is 4.99 Å². The van der Waals surface area contributed by atoms with Crippen LogP contribution in [0.5, 0.6) is 5.75 Å². The third-order valence-corrected chi connectivity index (χ3v) is 4.29. The Balaban J connectivity index is 0.00000288. The Kier molecular flexibility index (Phi) is 9.78. The van der Waals surface area contributed by atoms with Crippen molar-refractivity contribution in [1.29, 1.82) is 0 Å². The molecule has 2 rings (SSSR count). The first-order valence-electron chi connectivity index (χ1n) is 7.90. The molecule has 1 heterocycles. The molecule has 0 fully saturated rings. The molecule has 1 aromatic heterocycles. The van der Waals surface area contributed by atoms with E-state index in [0.717, 1.165) is 36.8 Å². The molecule has 6 heteroatoms. The van der Waals surface area contributed by atoms with Crippen LogP contribution in [0.15, 0.2) is 40.7 Å². The summed E-state index contributed by atoms with van der Waals surface area (Å²) in [6.45, 7) is 6.50. The van der Waals surface area contributed by atoms with E-state index < -0.39 is 0 Å². The molecule has 4 nitrogen and oxygen atoms in total. The Bertz CT molecular complexity index is 629. The largest absolute Gasteiger partial charge is 0.497 e. The minimum absolute atomic E-state index is 0. The third kappa shape index (κ3) is 7.09. The van der Waals surface area contributed by atoms with E-state index >= 15 is 0 Å². The van der Waals surface area contributed by atoms with Gasteiger partial charge in [0, 0.05) is 18.0 Å². The molecule has 0 bridgehead atoms. The number of benzene rings is 1. The Hall–Kier alpha value is -1.28. The molecule has 2 N–H and O–H groups in total. The van der Waals surface area contributed by atoms with Crippen LogP contribution in [0.2, 0.25) is 0 Å². The molecule has 0 amide bonds. The highest BCUT2D eigenvalue weighted by Gasteiger charge is 2.01. The van der Waals surface area contributed by atoms with Crippen LogP contribution in [0.25, 0.3) is 0 Å². The molecule has 0 saturated carbocycles. The SMILES string of the molecule is CCNC(=NCc1cc(C)cc(OC)c1)NCCc1cccs1.I. The van der Waals surface area contributed by atoms with E-state index in [0.29, 0.717) is 6.54 Å². The summed E-state index contributed by atoms with van der Waals surface area (Å²) in [4.78, 5) is 6.05.